The van der Waals surface area contributed by atoms with Crippen LogP contribution in [0.15, 0.2) is 64.9 Å². The molecule has 0 aliphatic carbocycles. The standard InChI is InChI=1S/C28H36O2S/c1-5-29-22-24(13-8-6-10-18-28(2,3)4)14-9-7-11-19-30-27-16-12-15-25(21-27)26-17-20-31-23-26/h6,8,12,14-17,20-21,23H,5,7,9,11,13,19,22H2,1-4H3. The van der Waals surface area contributed by atoms with E-state index in [0.29, 0.717) is 6.61 Å². The SMILES string of the molecule is CCOCC(=CCCCCOc1cccc(-c2ccsc2)c1)CC=CC#CC(C)(C)C. The van der Waals surface area contributed by atoms with Crippen LogP contribution in [0.4, 0.5) is 0 Å². The number of benzene rings is 1. The number of hydrogen-bond acceptors (Lipinski definition) is 3. The Kier molecular flexibility index (Phi) is 11.2. The van der Waals surface area contributed by atoms with Crippen molar-refractivity contribution in [1.82, 2.24) is 0 Å². The first-order valence-corrected chi connectivity index (χ1v) is 12.1. The third-order valence-corrected chi connectivity index (χ3v) is 5.19. The van der Waals surface area contributed by atoms with E-state index in [-0.39, 0.29) is 5.41 Å². The number of ether oxygens (including phenoxy) is 2. The maximum absolute atomic E-state index is 5.97. The van der Waals surface area contributed by atoms with Gasteiger partial charge >= 0.3 is 0 Å². The molecule has 2 aromatic rings. The van der Waals surface area contributed by atoms with E-state index in [9.17, 15) is 0 Å². The van der Waals surface area contributed by atoms with E-state index in [0.717, 1.165) is 44.6 Å². The van der Waals surface area contributed by atoms with Gasteiger partial charge in [-0.05, 0) is 105 Å². The monoisotopic (exact) mass is 436 g/mol. The van der Waals surface area contributed by atoms with Gasteiger partial charge in [-0.2, -0.15) is 11.3 Å². The van der Waals surface area contributed by atoms with Gasteiger partial charge in [0.1, 0.15) is 5.75 Å². The van der Waals surface area contributed by atoms with Crippen LogP contribution in [0, 0.1) is 17.3 Å². The number of allylic oxidation sites excluding steroid dienone is 3. The van der Waals surface area contributed by atoms with Crippen molar-refractivity contribution in [3.63, 3.8) is 0 Å². The fraction of sp³-hybridized carbons (Fsp3) is 0.429. The molecule has 0 saturated heterocycles. The van der Waals surface area contributed by atoms with Crippen LogP contribution in [0.3, 0.4) is 0 Å². The third kappa shape index (κ3) is 11.1. The highest BCUT2D eigenvalue weighted by Crippen LogP contribution is 2.25. The molecule has 0 unspecified atom stereocenters. The lowest BCUT2D eigenvalue weighted by Crippen LogP contribution is -1.99. The first-order chi connectivity index (χ1) is 15.0. The van der Waals surface area contributed by atoms with Crippen LogP contribution >= 0.6 is 11.3 Å². The fourth-order valence-corrected chi connectivity index (χ4v) is 3.56. The van der Waals surface area contributed by atoms with Crippen molar-refractivity contribution in [3.8, 4) is 28.7 Å². The van der Waals surface area contributed by atoms with Crippen LogP contribution in [0.1, 0.15) is 53.4 Å². The molecule has 0 atom stereocenters. The summed E-state index contributed by atoms with van der Waals surface area (Å²) in [6.07, 6.45) is 10.5. The summed E-state index contributed by atoms with van der Waals surface area (Å²) in [6, 6.07) is 10.5. The maximum Gasteiger partial charge on any atom is 0.119 e. The summed E-state index contributed by atoms with van der Waals surface area (Å²) in [6.45, 7) is 10.6. The summed E-state index contributed by atoms with van der Waals surface area (Å²) >= 11 is 1.72. The summed E-state index contributed by atoms with van der Waals surface area (Å²) < 4.78 is 11.6. The summed E-state index contributed by atoms with van der Waals surface area (Å²) in [4.78, 5) is 0. The van der Waals surface area contributed by atoms with Crippen LogP contribution < -0.4 is 4.74 Å². The molecule has 0 aliphatic rings. The molecule has 2 rings (SSSR count). The van der Waals surface area contributed by atoms with Crippen LogP contribution in [0.2, 0.25) is 0 Å². The topological polar surface area (TPSA) is 18.5 Å². The molecule has 1 aromatic carbocycles. The van der Waals surface area contributed by atoms with E-state index in [1.807, 2.05) is 19.1 Å². The van der Waals surface area contributed by atoms with E-state index in [2.05, 4.69) is 79.8 Å². The predicted molar refractivity (Wildman–Crippen MR) is 135 cm³/mol. The van der Waals surface area contributed by atoms with Crippen LogP contribution in [-0.4, -0.2) is 19.8 Å². The minimum atomic E-state index is 0.0433. The van der Waals surface area contributed by atoms with Crippen molar-refractivity contribution in [2.75, 3.05) is 19.8 Å². The van der Waals surface area contributed by atoms with E-state index >= 15 is 0 Å². The summed E-state index contributed by atoms with van der Waals surface area (Å²) in [5, 5.41) is 4.27. The molecule has 0 radical (unpaired) electrons. The summed E-state index contributed by atoms with van der Waals surface area (Å²) in [5.74, 6) is 7.31. The molecule has 0 aliphatic heterocycles. The fourth-order valence-electron chi connectivity index (χ4n) is 2.90. The van der Waals surface area contributed by atoms with Crippen LogP contribution in [-0.2, 0) is 4.74 Å². The quantitative estimate of drug-likeness (QED) is 0.191. The van der Waals surface area contributed by atoms with Crippen molar-refractivity contribution in [2.24, 2.45) is 5.41 Å². The Labute approximate surface area is 193 Å². The lowest BCUT2D eigenvalue weighted by atomic mass is 9.98. The Morgan fingerprint density at radius 1 is 1.13 bits per heavy atom. The second kappa shape index (κ2) is 13.9. The second-order valence-electron chi connectivity index (χ2n) is 8.51. The average Bonchev–Trinajstić information content (AvgIpc) is 3.28. The molecule has 2 nitrogen and oxygen atoms in total. The number of rotatable bonds is 12. The normalized spacial score (nSPS) is 12.1. The largest absolute Gasteiger partial charge is 0.494 e. The van der Waals surface area contributed by atoms with Gasteiger partial charge in [-0.1, -0.05) is 36.1 Å². The highest BCUT2D eigenvalue weighted by molar-refractivity contribution is 7.08. The molecule has 0 fully saturated rings. The molecule has 3 heteroatoms. The molecule has 0 amide bonds. The Hall–Kier alpha value is -2.28. The summed E-state index contributed by atoms with van der Waals surface area (Å²) in [7, 11) is 0. The van der Waals surface area contributed by atoms with Crippen molar-refractivity contribution < 1.29 is 9.47 Å². The minimum Gasteiger partial charge on any atom is -0.494 e. The van der Waals surface area contributed by atoms with E-state index in [1.54, 1.807) is 11.3 Å². The maximum atomic E-state index is 5.97. The zero-order chi connectivity index (χ0) is 22.4. The molecule has 0 N–H and O–H groups in total. The van der Waals surface area contributed by atoms with Crippen LogP contribution in [0.5, 0.6) is 5.75 Å². The van der Waals surface area contributed by atoms with E-state index < -0.39 is 0 Å². The summed E-state index contributed by atoms with van der Waals surface area (Å²) in [5.41, 5.74) is 3.82. The molecular weight excluding hydrogens is 400 g/mol. The Morgan fingerprint density at radius 2 is 2.00 bits per heavy atom. The van der Waals surface area contributed by atoms with Gasteiger partial charge in [-0.25, -0.2) is 0 Å². The zero-order valence-electron chi connectivity index (χ0n) is 19.4. The highest BCUT2D eigenvalue weighted by atomic mass is 32.1. The molecule has 31 heavy (non-hydrogen) atoms. The van der Waals surface area contributed by atoms with Gasteiger partial charge in [-0.15, -0.1) is 0 Å². The molecule has 166 valence electrons. The van der Waals surface area contributed by atoms with Gasteiger partial charge in [0.25, 0.3) is 0 Å². The molecule has 1 aromatic heterocycles. The lowest BCUT2D eigenvalue weighted by molar-refractivity contribution is 0.169. The average molecular weight is 437 g/mol. The van der Waals surface area contributed by atoms with Gasteiger partial charge in [-0.3, -0.25) is 0 Å². The molecule has 0 bridgehead atoms. The molecule has 1 heterocycles. The van der Waals surface area contributed by atoms with Crippen molar-refractivity contribution in [3.05, 3.63) is 64.9 Å². The minimum absolute atomic E-state index is 0.0433. The predicted octanol–water partition coefficient (Wildman–Crippen LogP) is 7.92. The van der Waals surface area contributed by atoms with Crippen molar-refractivity contribution in [2.45, 2.75) is 53.4 Å². The van der Waals surface area contributed by atoms with Gasteiger partial charge in [0.05, 0.1) is 13.2 Å². The number of hydrogen-bond donors (Lipinski definition) is 0. The second-order valence-corrected chi connectivity index (χ2v) is 9.29. The van der Waals surface area contributed by atoms with Gasteiger partial charge in [0, 0.05) is 12.0 Å². The number of thiophene rings is 1. The van der Waals surface area contributed by atoms with Gasteiger partial charge in [0.15, 0.2) is 0 Å². The van der Waals surface area contributed by atoms with E-state index in [4.69, 9.17) is 9.47 Å². The number of unbranched alkanes of at least 4 members (excludes halogenated alkanes) is 2. The van der Waals surface area contributed by atoms with Gasteiger partial charge in [0.2, 0.25) is 0 Å². The van der Waals surface area contributed by atoms with Gasteiger partial charge < -0.3 is 9.47 Å². The smallest absolute Gasteiger partial charge is 0.119 e. The first-order valence-electron chi connectivity index (χ1n) is 11.2. The molecule has 0 saturated carbocycles. The van der Waals surface area contributed by atoms with Crippen molar-refractivity contribution in [1.29, 1.82) is 0 Å². The molecular formula is C28H36O2S. The lowest BCUT2D eigenvalue weighted by Gasteiger charge is -2.08. The zero-order valence-corrected chi connectivity index (χ0v) is 20.3. The Morgan fingerprint density at radius 3 is 2.74 bits per heavy atom. The third-order valence-electron chi connectivity index (χ3n) is 4.51. The molecule has 0 spiro atoms. The van der Waals surface area contributed by atoms with Crippen LogP contribution in [0.25, 0.3) is 11.1 Å². The Balaban J connectivity index is 1.73. The highest BCUT2D eigenvalue weighted by Gasteiger charge is 2.03. The van der Waals surface area contributed by atoms with Crippen molar-refractivity contribution >= 4 is 11.3 Å². The first kappa shape index (κ1) is 25.0. The van der Waals surface area contributed by atoms with E-state index in [1.165, 1.54) is 16.7 Å². The Bertz CT molecular complexity index is 874.